The van der Waals surface area contributed by atoms with E-state index in [0.717, 1.165) is 16.2 Å². The molecule has 57 heavy (non-hydrogen) atoms. The lowest BCUT2D eigenvalue weighted by atomic mass is 9.57. The number of halogens is 1. The lowest BCUT2D eigenvalue weighted by Gasteiger charge is -2.58. The number of nitrogens with zero attached hydrogens (tertiary/aromatic N) is 3. The van der Waals surface area contributed by atoms with E-state index in [4.69, 9.17) is 35.3 Å². The molecular weight excluding hydrogens is 796 g/mol. The van der Waals surface area contributed by atoms with E-state index >= 15 is 0 Å². The van der Waals surface area contributed by atoms with E-state index < -0.39 is 77.5 Å². The average molecular weight is 845 g/mol. The number of amides is 3. The first-order valence-electron chi connectivity index (χ1n) is 18.6. The van der Waals surface area contributed by atoms with Crippen LogP contribution in [0.3, 0.4) is 0 Å². The van der Waals surface area contributed by atoms with Gasteiger partial charge in [0.1, 0.15) is 39.6 Å². The van der Waals surface area contributed by atoms with Gasteiger partial charge < -0.3 is 38.6 Å². The van der Waals surface area contributed by atoms with Crippen molar-refractivity contribution in [2.24, 2.45) is 11.8 Å². The minimum Gasteiger partial charge on any atom is -0.495 e. The molecule has 0 spiro atoms. The van der Waals surface area contributed by atoms with Gasteiger partial charge in [0, 0.05) is 45.5 Å². The van der Waals surface area contributed by atoms with Crippen molar-refractivity contribution in [1.82, 2.24) is 15.2 Å². The molecule has 2 unspecified atom stereocenters. The highest BCUT2D eigenvalue weighted by molar-refractivity contribution is 8.76. The maximum Gasteiger partial charge on any atom is 0.409 e. The van der Waals surface area contributed by atoms with E-state index in [9.17, 15) is 24.3 Å². The van der Waals surface area contributed by atoms with Crippen LogP contribution < -0.4 is 15.0 Å². The number of likely N-dealkylation sites (N-methyl/N-ethyl adjacent to an activating group) is 1. The van der Waals surface area contributed by atoms with E-state index in [1.165, 1.54) is 59.6 Å². The smallest absolute Gasteiger partial charge is 0.409 e. The van der Waals surface area contributed by atoms with E-state index in [2.05, 4.69) is 10.3 Å². The Hall–Kier alpha value is -3.80. The van der Waals surface area contributed by atoms with Gasteiger partial charge in [0.25, 0.3) is 0 Å². The number of ether oxygens (including phenoxy) is 5. The maximum atomic E-state index is 14.8. The van der Waals surface area contributed by atoms with Crippen LogP contribution in [0.1, 0.15) is 46.1 Å². The first kappa shape index (κ1) is 42.8. The number of rotatable bonds is 10. The summed E-state index contributed by atoms with van der Waals surface area (Å²) in [6.45, 7) is 6.98. The number of esters is 1. The number of carbonyl (C=O) groups excluding carboxylic acids is 4. The quantitative estimate of drug-likeness (QED) is 0.136. The van der Waals surface area contributed by atoms with Gasteiger partial charge in [0.2, 0.25) is 11.8 Å². The highest BCUT2D eigenvalue weighted by atomic mass is 35.5. The van der Waals surface area contributed by atoms with Crippen LogP contribution in [-0.4, -0.2) is 114 Å². The number of benzene rings is 1. The molecule has 1 aliphatic carbocycles. The summed E-state index contributed by atoms with van der Waals surface area (Å²) in [5, 5.41) is 16.5. The van der Waals surface area contributed by atoms with Crippen molar-refractivity contribution in [1.29, 1.82) is 0 Å². The van der Waals surface area contributed by atoms with Crippen molar-refractivity contribution in [3.05, 3.63) is 70.9 Å². The monoisotopic (exact) mass is 844 g/mol. The molecule has 14 nitrogen and oxygen atoms in total. The zero-order valence-electron chi connectivity index (χ0n) is 33.1. The number of hydrogen-bond acceptors (Lipinski definition) is 13. The third-order valence-corrected chi connectivity index (χ3v) is 14.3. The molecule has 2 N–H and O–H groups in total. The van der Waals surface area contributed by atoms with E-state index in [1.807, 2.05) is 38.1 Å². The number of methoxy groups -OCH3 is 2. The SMILES string of the molecule is COc1cc2cc(c1Cl)N(C)C(=O)C[C@@]1(OC(=O)[C@H](C)N(C)C(=O)CCSSc3ccccn3)C3C(OC(=O)N[C@@]3(O)[C@H](OC)/C=C/C=C(\C)C2)[C@@H](C)[C@@H]2O[C@]21C. The highest BCUT2D eigenvalue weighted by Crippen LogP contribution is 2.64. The molecule has 1 aromatic heterocycles. The first-order valence-corrected chi connectivity index (χ1v) is 21.3. The van der Waals surface area contributed by atoms with Gasteiger partial charge in [-0.25, -0.2) is 14.6 Å². The lowest BCUT2D eigenvalue weighted by Crippen LogP contribution is -2.79. The largest absolute Gasteiger partial charge is 0.495 e. The summed E-state index contributed by atoms with van der Waals surface area (Å²) in [7, 11) is 8.82. The highest BCUT2D eigenvalue weighted by Gasteiger charge is 2.83. The third kappa shape index (κ3) is 8.00. The maximum absolute atomic E-state index is 14.8. The summed E-state index contributed by atoms with van der Waals surface area (Å²) in [6, 6.07) is 8.02. The number of carbonyl (C=O) groups is 4. The van der Waals surface area contributed by atoms with Gasteiger partial charge in [0.15, 0.2) is 11.3 Å². The predicted octanol–water partition coefficient (Wildman–Crippen LogP) is 5.35. The number of allylic oxidation sites excluding steroid dienone is 3. The summed E-state index contributed by atoms with van der Waals surface area (Å²) in [5.41, 5.74) is -3.65. The summed E-state index contributed by atoms with van der Waals surface area (Å²) >= 11 is 6.84. The molecule has 2 aromatic rings. The molecule has 3 fully saturated rings. The molecule has 4 aliphatic rings. The Balaban J connectivity index is 1.42. The van der Waals surface area contributed by atoms with Gasteiger partial charge in [0.05, 0.1) is 31.2 Å². The topological polar surface area (TPSA) is 169 Å². The van der Waals surface area contributed by atoms with Crippen LogP contribution in [-0.2, 0) is 39.8 Å². The summed E-state index contributed by atoms with van der Waals surface area (Å²) in [6.07, 6.45) is 2.93. The second-order valence-corrected chi connectivity index (χ2v) is 17.9. The fourth-order valence-corrected chi connectivity index (χ4v) is 10.5. The predicted molar refractivity (Wildman–Crippen MR) is 216 cm³/mol. The minimum absolute atomic E-state index is 0.122. The van der Waals surface area contributed by atoms with Gasteiger partial charge in [-0.15, -0.1) is 0 Å². The van der Waals surface area contributed by atoms with E-state index in [0.29, 0.717) is 23.6 Å². The molecule has 17 heteroatoms. The number of fused-ring (bicyclic) bond motifs is 4. The molecule has 6 rings (SSSR count). The molecular formula is C40H49ClN4O10S2. The Morgan fingerprint density at radius 3 is 2.68 bits per heavy atom. The van der Waals surface area contributed by atoms with Crippen LogP contribution in [0.5, 0.6) is 5.75 Å². The third-order valence-electron chi connectivity index (χ3n) is 11.6. The van der Waals surface area contributed by atoms with Crippen molar-refractivity contribution in [3.8, 4) is 5.75 Å². The number of nitrogens with one attached hydrogen (secondary N) is 1. The van der Waals surface area contributed by atoms with Crippen LogP contribution in [0.15, 0.2) is 65.4 Å². The molecule has 2 saturated heterocycles. The van der Waals surface area contributed by atoms with Gasteiger partial charge in [-0.1, -0.05) is 59.2 Å². The number of epoxide rings is 1. The lowest BCUT2D eigenvalue weighted by molar-refractivity contribution is -0.265. The van der Waals surface area contributed by atoms with Crippen molar-refractivity contribution in [2.45, 2.75) is 93.3 Å². The normalized spacial score (nSPS) is 32.7. The summed E-state index contributed by atoms with van der Waals surface area (Å²) < 4.78 is 30.4. The zero-order chi connectivity index (χ0) is 41.4. The Morgan fingerprint density at radius 1 is 1.25 bits per heavy atom. The average Bonchev–Trinajstić information content (AvgIpc) is 3.90. The molecule has 9 atom stereocenters. The Labute approximate surface area is 345 Å². The summed E-state index contributed by atoms with van der Waals surface area (Å²) in [5.74, 6) is -2.79. The number of pyridine rings is 1. The van der Waals surface area contributed by atoms with Crippen molar-refractivity contribution in [3.63, 3.8) is 0 Å². The van der Waals surface area contributed by atoms with Crippen molar-refractivity contribution >= 4 is 62.8 Å². The molecule has 4 heterocycles. The number of anilines is 1. The minimum atomic E-state index is -2.31. The Bertz CT molecular complexity index is 1960. The van der Waals surface area contributed by atoms with Crippen LogP contribution in [0.2, 0.25) is 5.02 Å². The molecule has 3 amide bonds. The van der Waals surface area contributed by atoms with Crippen molar-refractivity contribution in [2.75, 3.05) is 39.0 Å². The molecule has 308 valence electrons. The van der Waals surface area contributed by atoms with Crippen LogP contribution in [0, 0.1) is 11.8 Å². The van der Waals surface area contributed by atoms with Crippen molar-refractivity contribution < 1.29 is 48.0 Å². The van der Waals surface area contributed by atoms with Gasteiger partial charge in [-0.3, -0.25) is 14.9 Å². The molecule has 1 aromatic carbocycles. The molecule has 3 aliphatic heterocycles. The summed E-state index contributed by atoms with van der Waals surface area (Å²) in [4.78, 5) is 63.1. The molecule has 1 saturated carbocycles. The second kappa shape index (κ2) is 16.8. The van der Waals surface area contributed by atoms with E-state index in [1.54, 1.807) is 44.5 Å². The number of aromatic nitrogens is 1. The Morgan fingerprint density at radius 2 is 2.00 bits per heavy atom. The molecule has 2 bridgehead atoms. The van der Waals surface area contributed by atoms with Crippen LogP contribution in [0.25, 0.3) is 0 Å². The van der Waals surface area contributed by atoms with Crippen LogP contribution >= 0.6 is 33.2 Å². The fraction of sp³-hybridized carbons (Fsp3) is 0.525. The number of aliphatic hydroxyl groups is 1. The van der Waals surface area contributed by atoms with E-state index in [-0.39, 0.29) is 17.4 Å². The zero-order valence-corrected chi connectivity index (χ0v) is 35.5. The number of hydrogen-bond donors (Lipinski definition) is 2. The Kier molecular flexibility index (Phi) is 12.6. The van der Waals surface area contributed by atoms with Gasteiger partial charge in [-0.05, 0) is 67.8 Å². The van der Waals surface area contributed by atoms with Crippen LogP contribution in [0.4, 0.5) is 10.5 Å². The number of alkyl carbamates (subject to hydrolysis) is 1. The van der Waals surface area contributed by atoms with Gasteiger partial charge in [-0.2, -0.15) is 0 Å². The van der Waals surface area contributed by atoms with Gasteiger partial charge >= 0.3 is 12.1 Å². The molecule has 0 radical (unpaired) electrons. The second-order valence-electron chi connectivity index (χ2n) is 15.1. The first-order chi connectivity index (χ1) is 27.0. The fourth-order valence-electron chi connectivity index (χ4n) is 8.30. The standard InChI is InChI=1S/C40H49ClN4O10S2/c1-22-12-11-13-28(52-8)40(50)34-33(53-37(49)43-40)23(2)35-38(4,54-35)39(34,21-31(47)45(6)26-19-25(18-22)20-27(51-7)32(26)41)55-36(48)24(3)44(5)30(46)15-17-56-57-29-14-9-10-16-42-29/h9-14,16,19-20,23-24,28,33-35,50H,15,17-18,21H2,1-8H3,(H,43,49)/b13-11+,22-12+/t23-,24+,28-,33?,34?,35+,38-,39-,40-/m1/s1.